The Morgan fingerprint density at radius 3 is 2.36 bits per heavy atom. The van der Waals surface area contributed by atoms with Crippen LogP contribution in [0.2, 0.25) is 0 Å². The molecule has 4 nitrogen and oxygen atoms in total. The summed E-state index contributed by atoms with van der Waals surface area (Å²) in [5, 5.41) is 6.04. The van der Waals surface area contributed by atoms with Crippen LogP contribution in [0.4, 0.5) is 4.39 Å². The molecule has 2 unspecified atom stereocenters. The molecule has 0 radical (unpaired) electrons. The Kier molecular flexibility index (Phi) is 6.96. The van der Waals surface area contributed by atoms with Gasteiger partial charge in [-0.1, -0.05) is 34.1 Å². The molecule has 2 aromatic rings. The average Bonchev–Trinajstić information content (AvgIpc) is 2.60. The smallest absolute Gasteiger partial charge is 0.234 e. The van der Waals surface area contributed by atoms with Gasteiger partial charge in [-0.15, -0.1) is 0 Å². The van der Waals surface area contributed by atoms with Crippen LogP contribution >= 0.6 is 15.9 Å². The summed E-state index contributed by atoms with van der Waals surface area (Å²) in [6.45, 7) is 3.96. The number of hydrogen-bond acceptors (Lipinski definition) is 3. The fourth-order valence-corrected chi connectivity index (χ4v) is 2.71. The van der Waals surface area contributed by atoms with Crippen molar-refractivity contribution in [3.63, 3.8) is 0 Å². The molecule has 0 saturated heterocycles. The van der Waals surface area contributed by atoms with Crippen LogP contribution in [0.15, 0.2) is 46.9 Å². The molecule has 0 aliphatic carbocycles. The lowest BCUT2D eigenvalue weighted by Gasteiger charge is -2.18. The minimum atomic E-state index is -0.415. The maximum Gasteiger partial charge on any atom is 0.234 e. The zero-order valence-electron chi connectivity index (χ0n) is 14.5. The average molecular weight is 409 g/mol. The summed E-state index contributed by atoms with van der Waals surface area (Å²) in [5.41, 5.74) is 1.79. The van der Waals surface area contributed by atoms with Crippen LogP contribution in [-0.2, 0) is 4.79 Å². The van der Waals surface area contributed by atoms with Gasteiger partial charge in [-0.25, -0.2) is 4.39 Å². The van der Waals surface area contributed by atoms with Crippen molar-refractivity contribution in [3.8, 4) is 5.75 Å². The molecule has 0 heterocycles. The van der Waals surface area contributed by atoms with Gasteiger partial charge in [-0.3, -0.25) is 4.79 Å². The van der Waals surface area contributed by atoms with Crippen LogP contribution in [-0.4, -0.2) is 19.6 Å². The van der Waals surface area contributed by atoms with E-state index in [4.69, 9.17) is 4.74 Å². The topological polar surface area (TPSA) is 50.4 Å². The van der Waals surface area contributed by atoms with Gasteiger partial charge in [0, 0.05) is 10.5 Å². The fraction of sp³-hybridized carbons (Fsp3) is 0.316. The molecule has 134 valence electrons. The fourth-order valence-electron chi connectivity index (χ4n) is 2.44. The van der Waals surface area contributed by atoms with E-state index < -0.39 is 5.82 Å². The number of benzene rings is 2. The van der Waals surface area contributed by atoms with Gasteiger partial charge in [0.05, 0.1) is 19.7 Å². The van der Waals surface area contributed by atoms with Crippen LogP contribution in [0, 0.1) is 5.82 Å². The van der Waals surface area contributed by atoms with Gasteiger partial charge >= 0.3 is 0 Å². The van der Waals surface area contributed by atoms with Gasteiger partial charge in [0.1, 0.15) is 0 Å². The number of ether oxygens (including phenoxy) is 1. The molecule has 25 heavy (non-hydrogen) atoms. The molecular weight excluding hydrogens is 387 g/mol. The first-order chi connectivity index (χ1) is 11.9. The molecule has 6 heteroatoms. The van der Waals surface area contributed by atoms with E-state index >= 15 is 0 Å². The van der Waals surface area contributed by atoms with Gasteiger partial charge in [-0.2, -0.15) is 0 Å². The molecule has 0 aliphatic heterocycles. The van der Waals surface area contributed by atoms with E-state index in [1.807, 2.05) is 38.1 Å². The van der Waals surface area contributed by atoms with Crippen LogP contribution in [0.1, 0.15) is 37.1 Å². The number of nitrogens with one attached hydrogen (secondary N) is 2. The van der Waals surface area contributed by atoms with Gasteiger partial charge in [0.2, 0.25) is 5.91 Å². The maximum atomic E-state index is 13.8. The second kappa shape index (κ2) is 8.97. The number of carbonyl (C=O) groups is 1. The number of rotatable bonds is 7. The normalized spacial score (nSPS) is 13.2. The van der Waals surface area contributed by atoms with Crippen molar-refractivity contribution in [2.24, 2.45) is 0 Å². The summed E-state index contributed by atoms with van der Waals surface area (Å²) in [5.74, 6) is -0.324. The van der Waals surface area contributed by atoms with Crippen molar-refractivity contribution in [2.45, 2.75) is 25.9 Å². The molecular formula is C19H22BrFN2O2. The number of amides is 1. The van der Waals surface area contributed by atoms with Crippen LogP contribution in [0.5, 0.6) is 5.75 Å². The first kappa shape index (κ1) is 19.4. The molecule has 1 amide bonds. The highest BCUT2D eigenvalue weighted by atomic mass is 79.9. The Balaban J connectivity index is 1.86. The van der Waals surface area contributed by atoms with Crippen molar-refractivity contribution in [1.82, 2.24) is 10.6 Å². The second-order valence-electron chi connectivity index (χ2n) is 5.84. The molecule has 0 bridgehead atoms. The quantitative estimate of drug-likeness (QED) is 0.723. The zero-order valence-corrected chi connectivity index (χ0v) is 16.1. The van der Waals surface area contributed by atoms with Crippen molar-refractivity contribution in [3.05, 3.63) is 63.9 Å². The highest BCUT2D eigenvalue weighted by Gasteiger charge is 2.13. The van der Waals surface area contributed by atoms with Crippen molar-refractivity contribution >= 4 is 21.8 Å². The molecule has 2 N–H and O–H groups in total. The van der Waals surface area contributed by atoms with Crippen molar-refractivity contribution in [2.75, 3.05) is 13.7 Å². The van der Waals surface area contributed by atoms with E-state index in [1.54, 1.807) is 12.1 Å². The largest absolute Gasteiger partial charge is 0.494 e. The summed E-state index contributed by atoms with van der Waals surface area (Å²) in [7, 11) is 1.43. The summed E-state index contributed by atoms with van der Waals surface area (Å²) >= 11 is 3.39. The number of hydrogen-bond donors (Lipinski definition) is 2. The molecule has 2 atom stereocenters. The molecule has 0 aromatic heterocycles. The minimum absolute atomic E-state index is 0.0869. The van der Waals surface area contributed by atoms with E-state index in [0.29, 0.717) is 0 Å². The second-order valence-corrected chi connectivity index (χ2v) is 6.75. The Bertz CT molecular complexity index is 722. The van der Waals surface area contributed by atoms with Crippen LogP contribution < -0.4 is 15.4 Å². The SMILES string of the molecule is COc1ccc(C(C)NCC(=O)NC(C)c2ccc(Br)cc2)cc1F. The molecule has 2 aromatic carbocycles. The van der Waals surface area contributed by atoms with E-state index in [0.717, 1.165) is 15.6 Å². The molecule has 0 spiro atoms. The van der Waals surface area contributed by atoms with Crippen LogP contribution in [0.25, 0.3) is 0 Å². The van der Waals surface area contributed by atoms with Gasteiger partial charge in [0.25, 0.3) is 0 Å². The summed E-state index contributed by atoms with van der Waals surface area (Å²) in [6, 6.07) is 12.3. The standard InChI is InChI=1S/C19H22BrFN2O2/c1-12(15-6-9-18(25-3)17(21)10-15)22-11-19(24)23-13(2)14-4-7-16(20)8-5-14/h4-10,12-13,22H,11H2,1-3H3,(H,23,24). The first-order valence-corrected chi connectivity index (χ1v) is 8.81. The molecule has 0 aliphatic rings. The first-order valence-electron chi connectivity index (χ1n) is 8.02. The minimum Gasteiger partial charge on any atom is -0.494 e. The number of halogens is 2. The molecule has 0 saturated carbocycles. The Morgan fingerprint density at radius 1 is 1.12 bits per heavy atom. The molecule has 2 rings (SSSR count). The maximum absolute atomic E-state index is 13.8. The van der Waals surface area contributed by atoms with Gasteiger partial charge < -0.3 is 15.4 Å². The van der Waals surface area contributed by atoms with E-state index in [-0.39, 0.29) is 30.3 Å². The van der Waals surface area contributed by atoms with E-state index in [9.17, 15) is 9.18 Å². The Labute approximate surface area is 155 Å². The Hall–Kier alpha value is -1.92. The van der Waals surface area contributed by atoms with Gasteiger partial charge in [0.15, 0.2) is 11.6 Å². The summed E-state index contributed by atoms with van der Waals surface area (Å²) < 4.78 is 19.7. The predicted molar refractivity (Wildman–Crippen MR) is 100 cm³/mol. The zero-order chi connectivity index (χ0) is 18.4. The van der Waals surface area contributed by atoms with E-state index in [2.05, 4.69) is 26.6 Å². The third-order valence-corrected chi connectivity index (χ3v) is 4.52. The number of methoxy groups -OCH3 is 1. The third-order valence-electron chi connectivity index (χ3n) is 3.99. The van der Waals surface area contributed by atoms with E-state index in [1.165, 1.54) is 13.2 Å². The highest BCUT2D eigenvalue weighted by Crippen LogP contribution is 2.21. The highest BCUT2D eigenvalue weighted by molar-refractivity contribution is 9.10. The predicted octanol–water partition coefficient (Wildman–Crippen LogP) is 4.12. The van der Waals surface area contributed by atoms with Crippen molar-refractivity contribution < 1.29 is 13.9 Å². The van der Waals surface area contributed by atoms with Crippen molar-refractivity contribution in [1.29, 1.82) is 0 Å². The third kappa shape index (κ3) is 5.54. The summed E-state index contributed by atoms with van der Waals surface area (Å²) in [6.07, 6.45) is 0. The number of carbonyl (C=O) groups excluding carboxylic acids is 1. The lowest BCUT2D eigenvalue weighted by molar-refractivity contribution is -0.121. The summed E-state index contributed by atoms with van der Waals surface area (Å²) in [4.78, 5) is 12.1. The van der Waals surface area contributed by atoms with Crippen LogP contribution in [0.3, 0.4) is 0 Å². The lowest BCUT2D eigenvalue weighted by atomic mass is 10.1. The Morgan fingerprint density at radius 2 is 1.76 bits per heavy atom. The lowest BCUT2D eigenvalue weighted by Crippen LogP contribution is -2.36. The van der Waals surface area contributed by atoms with Gasteiger partial charge in [-0.05, 0) is 49.2 Å². The molecule has 0 fully saturated rings. The monoisotopic (exact) mass is 408 g/mol.